The number of carbonyl (C=O) groups excluding carboxylic acids is 2. The Bertz CT molecular complexity index is 1070. The number of aliphatic hydroxyl groups excluding tert-OH is 1. The van der Waals surface area contributed by atoms with Crippen molar-refractivity contribution in [2.45, 2.75) is 69.8 Å². The van der Waals surface area contributed by atoms with Gasteiger partial charge < -0.3 is 20.6 Å². The number of hydrogen-bond acceptors (Lipinski definition) is 7. The van der Waals surface area contributed by atoms with Crippen LogP contribution in [0.15, 0.2) is 36.7 Å². The van der Waals surface area contributed by atoms with Crippen LogP contribution in [0.1, 0.15) is 54.2 Å². The molecule has 1 saturated heterocycles. The maximum Gasteiger partial charge on any atom is 0.270 e. The summed E-state index contributed by atoms with van der Waals surface area (Å²) in [6.45, 7) is 4.80. The molecule has 9 heteroatoms. The quantitative estimate of drug-likeness (QED) is 0.598. The second kappa shape index (κ2) is 10.3. The first-order chi connectivity index (χ1) is 17.0. The van der Waals surface area contributed by atoms with Gasteiger partial charge >= 0.3 is 0 Å². The number of carbonyl (C=O) groups is 2. The number of amides is 2. The summed E-state index contributed by atoms with van der Waals surface area (Å²) >= 11 is 0. The van der Waals surface area contributed by atoms with E-state index in [-0.39, 0.29) is 29.9 Å². The van der Waals surface area contributed by atoms with Crippen molar-refractivity contribution in [2.75, 3.05) is 25.0 Å². The fourth-order valence-electron chi connectivity index (χ4n) is 5.67. The fourth-order valence-corrected chi connectivity index (χ4v) is 5.67. The molecule has 1 aromatic carbocycles. The molecule has 35 heavy (non-hydrogen) atoms. The average Bonchev–Trinajstić information content (AvgIpc) is 3.24. The van der Waals surface area contributed by atoms with Gasteiger partial charge in [0.05, 0.1) is 6.10 Å². The first kappa shape index (κ1) is 23.7. The summed E-state index contributed by atoms with van der Waals surface area (Å²) in [6.07, 6.45) is 4.87. The minimum absolute atomic E-state index is 0.0390. The normalized spacial score (nSPS) is 25.2. The van der Waals surface area contributed by atoms with Gasteiger partial charge in [0, 0.05) is 57.3 Å². The van der Waals surface area contributed by atoms with Gasteiger partial charge in [-0.05, 0) is 43.2 Å². The smallest absolute Gasteiger partial charge is 0.270 e. The van der Waals surface area contributed by atoms with Crippen LogP contribution in [0.5, 0.6) is 0 Å². The molecule has 2 aromatic rings. The zero-order valence-corrected chi connectivity index (χ0v) is 20.2. The highest BCUT2D eigenvalue weighted by molar-refractivity contribution is 5.93. The van der Waals surface area contributed by atoms with Crippen LogP contribution >= 0.6 is 0 Å². The van der Waals surface area contributed by atoms with E-state index in [2.05, 4.69) is 49.8 Å². The molecule has 3 atom stereocenters. The molecule has 1 aliphatic carbocycles. The molecule has 186 valence electrons. The van der Waals surface area contributed by atoms with E-state index >= 15 is 0 Å². The van der Waals surface area contributed by atoms with Crippen molar-refractivity contribution in [3.05, 3.63) is 53.5 Å². The minimum atomic E-state index is -0.464. The van der Waals surface area contributed by atoms with E-state index in [1.807, 2.05) is 4.90 Å². The van der Waals surface area contributed by atoms with Gasteiger partial charge in [0.2, 0.25) is 5.91 Å². The number of hydrogen-bond donors (Lipinski definition) is 3. The van der Waals surface area contributed by atoms with Crippen LogP contribution in [0.25, 0.3) is 0 Å². The average molecular weight is 479 g/mol. The topological polar surface area (TPSA) is 111 Å². The summed E-state index contributed by atoms with van der Waals surface area (Å²) in [5, 5.41) is 17.2. The number of piperidine rings is 1. The Balaban J connectivity index is 1.15. The lowest BCUT2D eigenvalue weighted by atomic mass is 9.98. The molecule has 1 saturated carbocycles. The first-order valence-electron chi connectivity index (χ1n) is 12.6. The molecular formula is C26H34N6O3. The standard InChI is InChI=1S/C26H34N6O3/c1-17(33)31-10-7-20(8-11-31)29-25-14-22(27-16-28-25)26(35)30-21-12-23(24(34)13-21)32-9-6-18-4-2-3-5-19(18)15-32/h2-5,14,16,20-21,23-24,34H,6-13,15H2,1H3,(H,30,35)(H,27,28,29)/t21?,23?,24-/m0/s1. The van der Waals surface area contributed by atoms with Crippen molar-refractivity contribution in [3.63, 3.8) is 0 Å². The number of aliphatic hydroxyl groups is 1. The van der Waals surface area contributed by atoms with Crippen molar-refractivity contribution in [3.8, 4) is 0 Å². The third-order valence-corrected chi connectivity index (χ3v) is 7.65. The van der Waals surface area contributed by atoms with E-state index in [0.29, 0.717) is 17.9 Å². The molecule has 0 bridgehead atoms. The number of benzene rings is 1. The van der Waals surface area contributed by atoms with Crippen LogP contribution in [0.3, 0.4) is 0 Å². The lowest BCUT2D eigenvalue weighted by Gasteiger charge is -2.35. The molecule has 3 aliphatic rings. The molecule has 0 spiro atoms. The van der Waals surface area contributed by atoms with Crippen LogP contribution in [-0.4, -0.2) is 80.6 Å². The van der Waals surface area contributed by atoms with Gasteiger partial charge in [-0.25, -0.2) is 9.97 Å². The van der Waals surface area contributed by atoms with Gasteiger partial charge in [0.15, 0.2) is 0 Å². The Hall–Kier alpha value is -3.04. The van der Waals surface area contributed by atoms with E-state index in [9.17, 15) is 14.7 Å². The van der Waals surface area contributed by atoms with Crippen LogP contribution in [0.2, 0.25) is 0 Å². The van der Waals surface area contributed by atoms with Gasteiger partial charge in [0.25, 0.3) is 5.91 Å². The Kier molecular flexibility index (Phi) is 6.97. The van der Waals surface area contributed by atoms with Crippen molar-refractivity contribution < 1.29 is 14.7 Å². The molecule has 5 rings (SSSR count). The number of anilines is 1. The van der Waals surface area contributed by atoms with Crippen LogP contribution in [0, 0.1) is 0 Å². The summed E-state index contributed by atoms with van der Waals surface area (Å²) in [6, 6.07) is 10.3. The lowest BCUT2D eigenvalue weighted by molar-refractivity contribution is -0.129. The molecule has 2 unspecified atom stereocenters. The van der Waals surface area contributed by atoms with Crippen LogP contribution in [-0.2, 0) is 17.8 Å². The van der Waals surface area contributed by atoms with E-state index < -0.39 is 6.10 Å². The monoisotopic (exact) mass is 478 g/mol. The zero-order valence-electron chi connectivity index (χ0n) is 20.2. The fraction of sp³-hybridized carbons (Fsp3) is 0.538. The second-order valence-corrected chi connectivity index (χ2v) is 9.98. The molecule has 3 heterocycles. The van der Waals surface area contributed by atoms with Gasteiger partial charge in [0.1, 0.15) is 17.8 Å². The molecule has 2 amide bonds. The Morgan fingerprint density at radius 3 is 2.57 bits per heavy atom. The molecule has 1 aromatic heterocycles. The summed E-state index contributed by atoms with van der Waals surface area (Å²) in [4.78, 5) is 37.1. The molecule has 2 fully saturated rings. The molecule has 3 N–H and O–H groups in total. The SMILES string of the molecule is CC(=O)N1CCC(Nc2cc(C(=O)NC3CC(N4CCc5ccccc5C4)[C@@H](O)C3)ncn2)CC1. The Morgan fingerprint density at radius 1 is 1.03 bits per heavy atom. The van der Waals surface area contributed by atoms with Crippen molar-refractivity contribution in [1.82, 2.24) is 25.1 Å². The summed E-state index contributed by atoms with van der Waals surface area (Å²) in [5.41, 5.74) is 3.03. The minimum Gasteiger partial charge on any atom is -0.391 e. The molecular weight excluding hydrogens is 444 g/mol. The van der Waals surface area contributed by atoms with Crippen molar-refractivity contribution >= 4 is 17.6 Å². The number of fused-ring (bicyclic) bond motifs is 1. The number of likely N-dealkylation sites (tertiary alicyclic amines) is 1. The highest BCUT2D eigenvalue weighted by Gasteiger charge is 2.38. The van der Waals surface area contributed by atoms with E-state index in [1.54, 1.807) is 13.0 Å². The zero-order chi connectivity index (χ0) is 24.4. The van der Waals surface area contributed by atoms with Crippen LogP contribution < -0.4 is 10.6 Å². The van der Waals surface area contributed by atoms with Gasteiger partial charge in [-0.1, -0.05) is 24.3 Å². The largest absolute Gasteiger partial charge is 0.391 e. The lowest BCUT2D eigenvalue weighted by Crippen LogP contribution is -2.43. The number of nitrogens with one attached hydrogen (secondary N) is 2. The Morgan fingerprint density at radius 2 is 1.80 bits per heavy atom. The van der Waals surface area contributed by atoms with Crippen molar-refractivity contribution in [1.29, 1.82) is 0 Å². The summed E-state index contributed by atoms with van der Waals surface area (Å²) in [5.74, 6) is 0.472. The maximum absolute atomic E-state index is 12.9. The first-order valence-corrected chi connectivity index (χ1v) is 12.6. The molecule has 2 aliphatic heterocycles. The highest BCUT2D eigenvalue weighted by atomic mass is 16.3. The predicted octanol–water partition coefficient (Wildman–Crippen LogP) is 1.58. The molecule has 9 nitrogen and oxygen atoms in total. The number of nitrogens with zero attached hydrogens (tertiary/aromatic N) is 4. The van der Waals surface area contributed by atoms with Crippen LogP contribution in [0.4, 0.5) is 5.82 Å². The Labute approximate surface area is 205 Å². The third kappa shape index (κ3) is 5.46. The highest BCUT2D eigenvalue weighted by Crippen LogP contribution is 2.29. The summed E-state index contributed by atoms with van der Waals surface area (Å²) < 4.78 is 0. The van der Waals surface area contributed by atoms with Crippen molar-refractivity contribution in [2.24, 2.45) is 0 Å². The van der Waals surface area contributed by atoms with Gasteiger partial charge in [-0.3, -0.25) is 14.5 Å². The number of aromatic nitrogens is 2. The maximum atomic E-state index is 12.9. The third-order valence-electron chi connectivity index (χ3n) is 7.65. The summed E-state index contributed by atoms with van der Waals surface area (Å²) in [7, 11) is 0. The second-order valence-electron chi connectivity index (χ2n) is 9.98. The molecule has 0 radical (unpaired) electrons. The number of rotatable bonds is 5. The van der Waals surface area contributed by atoms with E-state index in [0.717, 1.165) is 51.9 Å². The van der Waals surface area contributed by atoms with Gasteiger partial charge in [-0.15, -0.1) is 0 Å². The van der Waals surface area contributed by atoms with E-state index in [4.69, 9.17) is 0 Å². The van der Waals surface area contributed by atoms with E-state index in [1.165, 1.54) is 17.5 Å². The van der Waals surface area contributed by atoms with Gasteiger partial charge in [-0.2, -0.15) is 0 Å². The predicted molar refractivity (Wildman–Crippen MR) is 132 cm³/mol.